The third kappa shape index (κ3) is 6.87. The number of nitrogens with zero attached hydrogens (tertiary/aromatic N) is 3. The molecule has 9 nitrogen and oxygen atoms in total. The fourth-order valence-electron chi connectivity index (χ4n) is 6.74. The zero-order valence-corrected chi connectivity index (χ0v) is 25.8. The second-order valence-corrected chi connectivity index (χ2v) is 14.1. The highest BCUT2D eigenvalue weighted by atomic mass is 32.2. The number of hydrogen-bond acceptors (Lipinski definition) is 6. The van der Waals surface area contributed by atoms with Gasteiger partial charge in [-0.25, -0.2) is 13.1 Å². The van der Waals surface area contributed by atoms with E-state index in [4.69, 9.17) is 0 Å². The molecule has 2 saturated heterocycles. The molecular formula is C33H44N4O5S. The van der Waals surface area contributed by atoms with Gasteiger partial charge in [0.25, 0.3) is 0 Å². The molecule has 0 unspecified atom stereocenters. The molecule has 232 valence electrons. The third-order valence-electron chi connectivity index (χ3n) is 9.57. The first-order valence-corrected chi connectivity index (χ1v) is 16.8. The molecule has 2 aromatic rings. The van der Waals surface area contributed by atoms with E-state index < -0.39 is 15.6 Å². The van der Waals surface area contributed by atoms with Crippen LogP contribution in [0.15, 0.2) is 72.1 Å². The lowest BCUT2D eigenvalue weighted by atomic mass is 9.83. The number of rotatable bonds is 11. The van der Waals surface area contributed by atoms with E-state index in [9.17, 15) is 23.1 Å². The number of hydrogen-bond donors (Lipinski definition) is 2. The molecule has 43 heavy (non-hydrogen) atoms. The third-order valence-corrected chi connectivity index (χ3v) is 11.0. The number of aliphatic hydroxyl groups is 1. The lowest BCUT2D eigenvalue weighted by Crippen LogP contribution is -2.50. The highest BCUT2D eigenvalue weighted by Crippen LogP contribution is 2.40. The first-order valence-electron chi connectivity index (χ1n) is 15.4. The van der Waals surface area contributed by atoms with Gasteiger partial charge in [0.15, 0.2) is 0 Å². The van der Waals surface area contributed by atoms with E-state index in [2.05, 4.69) is 16.2 Å². The van der Waals surface area contributed by atoms with Crippen molar-refractivity contribution in [1.29, 1.82) is 0 Å². The Morgan fingerprint density at radius 3 is 2.33 bits per heavy atom. The van der Waals surface area contributed by atoms with E-state index in [0.717, 1.165) is 56.3 Å². The van der Waals surface area contributed by atoms with Crippen molar-refractivity contribution in [2.24, 2.45) is 11.8 Å². The standard InChI is InChI=1S/C33H44N4O5S/c1-3-18-37(31(38)21-25-12-14-30(15-13-25)43(41,42)34-2)29-16-19-35(20-17-29)22-28-23-36(32(39)26-8-7-9-26)24-33(28,40)27-10-5-4-6-11-27/h3-6,10-15,26,28-29,34,40H,1,7-9,16-24H2,2H3/t28-,33-/m0/s1. The monoisotopic (exact) mass is 608 g/mol. The lowest BCUT2D eigenvalue weighted by molar-refractivity contribution is -0.138. The van der Waals surface area contributed by atoms with Crippen molar-refractivity contribution in [1.82, 2.24) is 19.4 Å². The molecule has 1 saturated carbocycles. The molecule has 2 heterocycles. The van der Waals surface area contributed by atoms with Crippen LogP contribution in [0.2, 0.25) is 0 Å². The number of piperidine rings is 1. The Labute approximate surface area is 255 Å². The molecule has 3 aliphatic rings. The minimum Gasteiger partial charge on any atom is -0.383 e. The fourth-order valence-corrected chi connectivity index (χ4v) is 7.47. The van der Waals surface area contributed by atoms with Crippen molar-refractivity contribution < 1.29 is 23.1 Å². The summed E-state index contributed by atoms with van der Waals surface area (Å²) in [7, 11) is -2.16. The average molecular weight is 609 g/mol. The molecule has 10 heteroatoms. The van der Waals surface area contributed by atoms with Crippen LogP contribution in [0.25, 0.3) is 0 Å². The largest absolute Gasteiger partial charge is 0.383 e. The molecule has 0 aromatic heterocycles. The van der Waals surface area contributed by atoms with E-state index in [1.54, 1.807) is 18.2 Å². The smallest absolute Gasteiger partial charge is 0.240 e. The lowest BCUT2D eigenvalue weighted by Gasteiger charge is -2.40. The average Bonchev–Trinajstić information content (AvgIpc) is 3.33. The molecule has 3 fully saturated rings. The number of amides is 2. The summed E-state index contributed by atoms with van der Waals surface area (Å²) in [4.78, 5) is 32.9. The van der Waals surface area contributed by atoms with Gasteiger partial charge in [-0.2, -0.15) is 0 Å². The SMILES string of the molecule is C=CCN(C(=O)Cc1ccc(S(=O)(=O)NC)cc1)C1CCN(C[C@H]2CN(C(=O)C3CCC3)C[C@]2(O)c2ccccc2)CC1. The Morgan fingerprint density at radius 1 is 1.07 bits per heavy atom. The maximum absolute atomic E-state index is 13.4. The summed E-state index contributed by atoms with van der Waals surface area (Å²) in [6, 6.07) is 16.2. The van der Waals surface area contributed by atoms with Gasteiger partial charge in [0, 0.05) is 50.6 Å². The van der Waals surface area contributed by atoms with Crippen LogP contribution in [0.4, 0.5) is 0 Å². The molecule has 2 atom stereocenters. The topological polar surface area (TPSA) is 110 Å². The minimum atomic E-state index is -3.53. The van der Waals surface area contributed by atoms with Crippen molar-refractivity contribution in [2.45, 2.75) is 55.1 Å². The van der Waals surface area contributed by atoms with Crippen molar-refractivity contribution in [3.8, 4) is 0 Å². The molecule has 0 spiro atoms. The predicted octanol–water partition coefficient (Wildman–Crippen LogP) is 2.76. The summed E-state index contributed by atoms with van der Waals surface area (Å²) in [6.07, 6.45) is 6.54. The van der Waals surface area contributed by atoms with Crippen molar-refractivity contribution in [2.75, 3.05) is 46.3 Å². The van der Waals surface area contributed by atoms with Crippen LogP contribution in [0.3, 0.4) is 0 Å². The number of likely N-dealkylation sites (tertiary alicyclic amines) is 2. The van der Waals surface area contributed by atoms with Crippen molar-refractivity contribution >= 4 is 21.8 Å². The quantitative estimate of drug-likeness (QED) is 0.380. The van der Waals surface area contributed by atoms with Crippen LogP contribution in [-0.4, -0.2) is 92.4 Å². The van der Waals surface area contributed by atoms with Gasteiger partial charge < -0.3 is 19.8 Å². The van der Waals surface area contributed by atoms with Crippen LogP contribution in [0, 0.1) is 11.8 Å². The second-order valence-electron chi connectivity index (χ2n) is 12.2. The molecule has 0 radical (unpaired) electrons. The zero-order chi connectivity index (χ0) is 30.6. The number of sulfonamides is 1. The fraction of sp³-hybridized carbons (Fsp3) is 0.515. The van der Waals surface area contributed by atoms with Gasteiger partial charge in [-0.15, -0.1) is 6.58 Å². The van der Waals surface area contributed by atoms with E-state index >= 15 is 0 Å². The number of benzene rings is 2. The Bertz CT molecular complexity index is 1390. The van der Waals surface area contributed by atoms with E-state index in [1.807, 2.05) is 40.1 Å². The second kappa shape index (κ2) is 13.3. The molecule has 1 aliphatic carbocycles. The van der Waals surface area contributed by atoms with E-state index in [0.29, 0.717) is 26.2 Å². The molecule has 2 aliphatic heterocycles. The van der Waals surface area contributed by atoms with Gasteiger partial charge in [0.2, 0.25) is 21.8 Å². The van der Waals surface area contributed by atoms with E-state index in [-0.39, 0.29) is 41.0 Å². The summed E-state index contributed by atoms with van der Waals surface area (Å²) in [5, 5.41) is 12.0. The number of carbonyl (C=O) groups excluding carboxylic acids is 2. The summed E-state index contributed by atoms with van der Waals surface area (Å²) in [5.74, 6) is 0.166. The Balaban J connectivity index is 1.21. The minimum absolute atomic E-state index is 0.0121. The normalized spacial score (nSPS) is 23.6. The first-order chi connectivity index (χ1) is 20.6. The number of β-amino-alcohol motifs (C(OH)–C–C–N with tert-alkyl or cyclic N) is 1. The number of carbonyl (C=O) groups is 2. The van der Waals surface area contributed by atoms with Gasteiger partial charge in [-0.3, -0.25) is 9.59 Å². The highest BCUT2D eigenvalue weighted by molar-refractivity contribution is 7.89. The summed E-state index contributed by atoms with van der Waals surface area (Å²) >= 11 is 0. The maximum atomic E-state index is 13.4. The van der Waals surface area contributed by atoms with E-state index in [1.165, 1.54) is 19.2 Å². The highest BCUT2D eigenvalue weighted by Gasteiger charge is 2.49. The Morgan fingerprint density at radius 2 is 1.74 bits per heavy atom. The Kier molecular flexibility index (Phi) is 9.70. The first kappa shape index (κ1) is 31.4. The maximum Gasteiger partial charge on any atom is 0.240 e. The van der Waals surface area contributed by atoms with Crippen LogP contribution in [-0.2, 0) is 31.6 Å². The molecule has 2 aromatic carbocycles. The molecular weight excluding hydrogens is 564 g/mol. The van der Waals surface area contributed by atoms with Crippen LogP contribution < -0.4 is 4.72 Å². The van der Waals surface area contributed by atoms with Crippen molar-refractivity contribution in [3.63, 3.8) is 0 Å². The summed E-state index contributed by atoms with van der Waals surface area (Å²) in [6.45, 7) is 7.47. The van der Waals surface area contributed by atoms with Crippen molar-refractivity contribution in [3.05, 3.63) is 78.4 Å². The molecule has 2 amide bonds. The predicted molar refractivity (Wildman–Crippen MR) is 166 cm³/mol. The van der Waals surface area contributed by atoms with Gasteiger partial charge in [-0.1, -0.05) is 55.0 Å². The van der Waals surface area contributed by atoms with Gasteiger partial charge in [-0.05, 0) is 56.0 Å². The van der Waals surface area contributed by atoms with Crippen LogP contribution in [0.5, 0.6) is 0 Å². The molecule has 5 rings (SSSR count). The Hall–Kier alpha value is -3.05. The zero-order valence-electron chi connectivity index (χ0n) is 25.0. The van der Waals surface area contributed by atoms with Gasteiger partial charge >= 0.3 is 0 Å². The number of nitrogens with one attached hydrogen (secondary N) is 1. The van der Waals surface area contributed by atoms with Crippen LogP contribution in [0.1, 0.15) is 43.2 Å². The van der Waals surface area contributed by atoms with Gasteiger partial charge in [0.05, 0.1) is 17.9 Å². The summed E-state index contributed by atoms with van der Waals surface area (Å²) < 4.78 is 26.4. The molecule has 0 bridgehead atoms. The van der Waals surface area contributed by atoms with Gasteiger partial charge in [0.1, 0.15) is 5.60 Å². The molecule has 2 N–H and O–H groups in total. The van der Waals surface area contributed by atoms with Crippen LogP contribution >= 0.6 is 0 Å². The summed E-state index contributed by atoms with van der Waals surface area (Å²) in [5.41, 5.74) is 0.525.